The van der Waals surface area contributed by atoms with Crippen LogP contribution in [0.5, 0.6) is 0 Å². The van der Waals surface area contributed by atoms with Gasteiger partial charge in [-0.25, -0.2) is 4.79 Å². The number of carbonyl (C=O) groups is 1. The molecule has 2 unspecified atom stereocenters. The number of hydrogen-bond acceptors (Lipinski definition) is 4. The monoisotopic (exact) mass is 307 g/mol. The Morgan fingerprint density at radius 2 is 2.14 bits per heavy atom. The van der Waals surface area contributed by atoms with Crippen LogP contribution in [0.2, 0.25) is 0 Å². The predicted molar refractivity (Wildman–Crippen MR) is 81.3 cm³/mol. The summed E-state index contributed by atoms with van der Waals surface area (Å²) < 4.78 is 5.94. The van der Waals surface area contributed by atoms with Crippen molar-refractivity contribution in [1.82, 2.24) is 25.2 Å². The summed E-state index contributed by atoms with van der Waals surface area (Å²) >= 11 is 0. The zero-order valence-corrected chi connectivity index (χ0v) is 13.6. The maximum atomic E-state index is 12.4. The van der Waals surface area contributed by atoms with E-state index in [0.717, 1.165) is 17.9 Å². The SMILES string of the molecule is CCn1nc(C)c(CNC(=O)N2CC(C)OC(C3CC3)C2)n1. The van der Waals surface area contributed by atoms with Crippen molar-refractivity contribution in [2.24, 2.45) is 5.92 Å². The smallest absolute Gasteiger partial charge is 0.317 e. The Bertz CT molecular complexity index is 540. The van der Waals surface area contributed by atoms with Crippen molar-refractivity contribution in [2.45, 2.75) is 58.9 Å². The van der Waals surface area contributed by atoms with Crippen molar-refractivity contribution in [1.29, 1.82) is 0 Å². The third kappa shape index (κ3) is 3.40. The quantitative estimate of drug-likeness (QED) is 0.910. The van der Waals surface area contributed by atoms with Crippen LogP contribution >= 0.6 is 0 Å². The van der Waals surface area contributed by atoms with E-state index >= 15 is 0 Å². The minimum absolute atomic E-state index is 0.0359. The van der Waals surface area contributed by atoms with Crippen LogP contribution in [0.4, 0.5) is 4.79 Å². The molecule has 7 nitrogen and oxygen atoms in total. The highest BCUT2D eigenvalue weighted by molar-refractivity contribution is 5.74. The number of nitrogens with one attached hydrogen (secondary N) is 1. The largest absolute Gasteiger partial charge is 0.371 e. The molecule has 2 fully saturated rings. The molecular formula is C15H25N5O2. The number of hydrogen-bond donors (Lipinski definition) is 1. The van der Waals surface area contributed by atoms with Crippen molar-refractivity contribution in [2.75, 3.05) is 13.1 Å². The molecule has 1 aromatic heterocycles. The summed E-state index contributed by atoms with van der Waals surface area (Å²) in [5.41, 5.74) is 1.70. The van der Waals surface area contributed by atoms with Crippen LogP contribution in [-0.2, 0) is 17.8 Å². The predicted octanol–water partition coefficient (Wildman–Crippen LogP) is 1.32. The fourth-order valence-electron chi connectivity index (χ4n) is 2.92. The summed E-state index contributed by atoms with van der Waals surface area (Å²) in [5, 5.41) is 11.6. The third-order valence-electron chi connectivity index (χ3n) is 4.33. The molecule has 0 aromatic carbocycles. The molecule has 0 radical (unpaired) electrons. The van der Waals surface area contributed by atoms with Crippen molar-refractivity contribution in [3.05, 3.63) is 11.4 Å². The van der Waals surface area contributed by atoms with Gasteiger partial charge in [-0.2, -0.15) is 15.0 Å². The van der Waals surface area contributed by atoms with Gasteiger partial charge >= 0.3 is 6.03 Å². The number of amides is 2. The van der Waals surface area contributed by atoms with Gasteiger partial charge in [0.05, 0.1) is 31.0 Å². The number of nitrogens with zero attached hydrogens (tertiary/aromatic N) is 4. The lowest BCUT2D eigenvalue weighted by Crippen LogP contribution is -2.52. The van der Waals surface area contributed by atoms with Crippen molar-refractivity contribution < 1.29 is 9.53 Å². The highest BCUT2D eigenvalue weighted by Crippen LogP contribution is 2.36. The Kier molecular flexibility index (Phi) is 4.33. The van der Waals surface area contributed by atoms with Gasteiger partial charge in [0.2, 0.25) is 0 Å². The minimum Gasteiger partial charge on any atom is -0.371 e. The Morgan fingerprint density at radius 1 is 1.36 bits per heavy atom. The van der Waals surface area contributed by atoms with E-state index in [-0.39, 0.29) is 18.2 Å². The van der Waals surface area contributed by atoms with Crippen LogP contribution in [0.1, 0.15) is 38.1 Å². The molecule has 122 valence electrons. The molecule has 1 saturated carbocycles. The maximum absolute atomic E-state index is 12.4. The standard InChI is InChI=1S/C15H25N5O2/c1-4-20-17-11(3)13(18-20)7-16-15(21)19-8-10(2)22-14(9-19)12-5-6-12/h10,12,14H,4-9H2,1-3H3,(H,16,21). The summed E-state index contributed by atoms with van der Waals surface area (Å²) in [6.07, 6.45) is 2.77. The number of aryl methyl sites for hydroxylation is 2. The van der Waals surface area contributed by atoms with Crippen LogP contribution in [0.25, 0.3) is 0 Å². The van der Waals surface area contributed by atoms with Gasteiger partial charge in [0.1, 0.15) is 5.69 Å². The molecule has 1 aliphatic heterocycles. The number of morpholine rings is 1. The summed E-state index contributed by atoms with van der Waals surface area (Å²) in [7, 11) is 0. The van der Waals surface area contributed by atoms with Crippen LogP contribution in [0, 0.1) is 12.8 Å². The molecule has 2 atom stereocenters. The van der Waals surface area contributed by atoms with E-state index < -0.39 is 0 Å². The van der Waals surface area contributed by atoms with Gasteiger partial charge in [0, 0.05) is 13.1 Å². The second-order valence-electron chi connectivity index (χ2n) is 6.31. The molecule has 2 amide bonds. The number of urea groups is 1. The van der Waals surface area contributed by atoms with Crippen molar-refractivity contribution in [3.8, 4) is 0 Å². The van der Waals surface area contributed by atoms with E-state index in [1.54, 1.807) is 4.80 Å². The first-order valence-electron chi connectivity index (χ1n) is 8.15. The highest BCUT2D eigenvalue weighted by atomic mass is 16.5. The third-order valence-corrected chi connectivity index (χ3v) is 4.33. The molecular weight excluding hydrogens is 282 g/mol. The van der Waals surface area contributed by atoms with Gasteiger partial charge in [0.25, 0.3) is 0 Å². The maximum Gasteiger partial charge on any atom is 0.317 e. The molecule has 3 rings (SSSR count). The Morgan fingerprint density at radius 3 is 2.77 bits per heavy atom. The van der Waals surface area contributed by atoms with Gasteiger partial charge < -0.3 is 15.0 Å². The van der Waals surface area contributed by atoms with E-state index in [4.69, 9.17) is 4.74 Å². The summed E-state index contributed by atoms with van der Waals surface area (Å²) in [5.74, 6) is 0.643. The fourth-order valence-corrected chi connectivity index (χ4v) is 2.92. The second-order valence-corrected chi connectivity index (χ2v) is 6.31. The number of rotatable bonds is 4. The first-order chi connectivity index (χ1) is 10.6. The van der Waals surface area contributed by atoms with Crippen LogP contribution in [-0.4, -0.2) is 51.2 Å². The normalized spacial score (nSPS) is 25.3. The Hall–Kier alpha value is -1.63. The van der Waals surface area contributed by atoms with Crippen molar-refractivity contribution >= 4 is 6.03 Å². The van der Waals surface area contributed by atoms with Gasteiger partial charge in [-0.05, 0) is 39.5 Å². The van der Waals surface area contributed by atoms with E-state index in [2.05, 4.69) is 15.5 Å². The number of ether oxygens (including phenoxy) is 1. The molecule has 1 aromatic rings. The lowest BCUT2D eigenvalue weighted by molar-refractivity contribution is -0.0731. The van der Waals surface area contributed by atoms with E-state index in [9.17, 15) is 4.79 Å². The van der Waals surface area contributed by atoms with Gasteiger partial charge in [-0.1, -0.05) is 0 Å². The molecule has 1 aliphatic carbocycles. The average Bonchev–Trinajstić information content (AvgIpc) is 3.28. The van der Waals surface area contributed by atoms with Gasteiger partial charge in [0.15, 0.2) is 0 Å². The first-order valence-corrected chi connectivity index (χ1v) is 8.15. The molecule has 22 heavy (non-hydrogen) atoms. The van der Waals surface area contributed by atoms with Crippen LogP contribution in [0.15, 0.2) is 0 Å². The fraction of sp³-hybridized carbons (Fsp3) is 0.800. The first kappa shape index (κ1) is 15.3. The summed E-state index contributed by atoms with van der Waals surface area (Å²) in [4.78, 5) is 15.9. The minimum atomic E-state index is -0.0359. The van der Waals surface area contributed by atoms with E-state index in [1.807, 2.05) is 25.7 Å². The van der Waals surface area contributed by atoms with Crippen LogP contribution in [0.3, 0.4) is 0 Å². The van der Waals surface area contributed by atoms with Gasteiger partial charge in [-0.3, -0.25) is 0 Å². The second kappa shape index (κ2) is 6.24. The number of carbonyl (C=O) groups excluding carboxylic acids is 1. The Labute approximate surface area is 131 Å². The number of aromatic nitrogens is 3. The molecule has 7 heteroatoms. The molecule has 0 bridgehead atoms. The summed E-state index contributed by atoms with van der Waals surface area (Å²) in [6, 6.07) is -0.0359. The summed E-state index contributed by atoms with van der Waals surface area (Å²) in [6.45, 7) is 8.45. The molecule has 1 saturated heterocycles. The van der Waals surface area contributed by atoms with E-state index in [0.29, 0.717) is 25.6 Å². The van der Waals surface area contributed by atoms with Crippen LogP contribution < -0.4 is 5.32 Å². The average molecular weight is 307 g/mol. The Balaban J connectivity index is 1.55. The van der Waals surface area contributed by atoms with E-state index in [1.165, 1.54) is 12.8 Å². The zero-order chi connectivity index (χ0) is 15.7. The molecule has 0 spiro atoms. The molecule has 1 N–H and O–H groups in total. The zero-order valence-electron chi connectivity index (χ0n) is 13.6. The molecule has 2 heterocycles. The highest BCUT2D eigenvalue weighted by Gasteiger charge is 2.38. The molecule has 2 aliphatic rings. The van der Waals surface area contributed by atoms with Crippen molar-refractivity contribution in [3.63, 3.8) is 0 Å². The lowest BCUT2D eigenvalue weighted by atomic mass is 10.1. The van der Waals surface area contributed by atoms with Gasteiger partial charge in [-0.15, -0.1) is 0 Å². The lowest BCUT2D eigenvalue weighted by Gasteiger charge is -2.37. The topological polar surface area (TPSA) is 72.3 Å².